The van der Waals surface area contributed by atoms with E-state index in [-0.39, 0.29) is 6.42 Å². The minimum absolute atomic E-state index is 0.0619. The maximum absolute atomic E-state index is 11.4. The lowest BCUT2D eigenvalue weighted by molar-refractivity contribution is -0.159. The number of unbranched alkanes of at least 4 members (excludes halogenated alkanes) is 12. The van der Waals surface area contributed by atoms with Crippen LogP contribution >= 0.6 is 0 Å². The first-order valence-electron chi connectivity index (χ1n) is 11.0. The molecule has 0 rings (SSSR count). The Labute approximate surface area is 170 Å². The summed E-state index contributed by atoms with van der Waals surface area (Å²) in [4.78, 5) is 22.4. The fourth-order valence-corrected chi connectivity index (χ4v) is 3.27. The number of carbonyl (C=O) groups excluding carboxylic acids is 2. The molecule has 2 unspecified atom stereocenters. The summed E-state index contributed by atoms with van der Waals surface area (Å²) < 4.78 is 0. The summed E-state index contributed by atoms with van der Waals surface area (Å²) in [6.07, 6.45) is 18.5. The SMILES string of the molecule is CCCCCCCC/C=C\CCCCCCCCC(O)(C(N)=O)C(O)C(N)=O. The van der Waals surface area contributed by atoms with Crippen molar-refractivity contribution in [2.45, 2.75) is 115 Å². The lowest BCUT2D eigenvalue weighted by atomic mass is 9.88. The lowest BCUT2D eigenvalue weighted by Gasteiger charge is -2.27. The van der Waals surface area contributed by atoms with Crippen LogP contribution in [0.25, 0.3) is 0 Å². The smallest absolute Gasteiger partial charge is 0.252 e. The molecule has 0 heterocycles. The van der Waals surface area contributed by atoms with Crippen LogP contribution in [0.15, 0.2) is 12.2 Å². The Morgan fingerprint density at radius 1 is 0.821 bits per heavy atom. The molecule has 0 aromatic carbocycles. The van der Waals surface area contributed by atoms with Crippen molar-refractivity contribution in [1.29, 1.82) is 0 Å². The third-order valence-electron chi connectivity index (χ3n) is 5.22. The molecule has 2 amide bonds. The highest BCUT2D eigenvalue weighted by Gasteiger charge is 2.44. The van der Waals surface area contributed by atoms with Gasteiger partial charge in [-0.3, -0.25) is 9.59 Å². The highest BCUT2D eigenvalue weighted by Crippen LogP contribution is 2.20. The lowest BCUT2D eigenvalue weighted by Crippen LogP contribution is -2.57. The molecule has 0 aliphatic rings. The maximum atomic E-state index is 11.4. The van der Waals surface area contributed by atoms with Crippen molar-refractivity contribution in [2.75, 3.05) is 0 Å². The van der Waals surface area contributed by atoms with Crippen molar-refractivity contribution in [3.63, 3.8) is 0 Å². The number of aliphatic hydroxyl groups is 2. The number of rotatable bonds is 19. The molecule has 164 valence electrons. The highest BCUT2D eigenvalue weighted by atomic mass is 16.4. The first-order chi connectivity index (χ1) is 13.4. The molecule has 0 bridgehead atoms. The van der Waals surface area contributed by atoms with E-state index in [1.165, 1.54) is 51.4 Å². The maximum Gasteiger partial charge on any atom is 0.252 e. The Morgan fingerprint density at radius 3 is 1.68 bits per heavy atom. The highest BCUT2D eigenvalue weighted by molar-refractivity contribution is 5.92. The average molecular weight is 399 g/mol. The van der Waals surface area contributed by atoms with E-state index in [0.29, 0.717) is 6.42 Å². The summed E-state index contributed by atoms with van der Waals surface area (Å²) in [7, 11) is 0. The van der Waals surface area contributed by atoms with E-state index in [0.717, 1.165) is 32.1 Å². The second-order valence-corrected chi connectivity index (χ2v) is 7.78. The van der Waals surface area contributed by atoms with E-state index in [2.05, 4.69) is 19.1 Å². The molecule has 0 saturated heterocycles. The number of primary amides is 2. The van der Waals surface area contributed by atoms with Gasteiger partial charge >= 0.3 is 0 Å². The van der Waals surface area contributed by atoms with Gasteiger partial charge in [-0.25, -0.2) is 0 Å². The number of allylic oxidation sites excluding steroid dienone is 2. The zero-order valence-electron chi connectivity index (χ0n) is 17.7. The van der Waals surface area contributed by atoms with Crippen molar-refractivity contribution < 1.29 is 19.8 Å². The summed E-state index contributed by atoms with van der Waals surface area (Å²) in [5, 5.41) is 19.7. The van der Waals surface area contributed by atoms with Crippen molar-refractivity contribution in [3.05, 3.63) is 12.2 Å². The second kappa shape index (κ2) is 16.5. The van der Waals surface area contributed by atoms with Crippen molar-refractivity contribution >= 4 is 11.8 Å². The molecular weight excluding hydrogens is 356 g/mol. The van der Waals surface area contributed by atoms with Gasteiger partial charge in [-0.2, -0.15) is 0 Å². The zero-order chi connectivity index (χ0) is 21.3. The first-order valence-corrected chi connectivity index (χ1v) is 11.0. The number of amides is 2. The van der Waals surface area contributed by atoms with E-state index in [1.807, 2.05) is 0 Å². The summed E-state index contributed by atoms with van der Waals surface area (Å²) >= 11 is 0. The number of hydrogen-bond donors (Lipinski definition) is 4. The van der Waals surface area contributed by atoms with Crippen LogP contribution < -0.4 is 11.5 Å². The molecule has 0 aromatic heterocycles. The van der Waals surface area contributed by atoms with Crippen LogP contribution in [0.2, 0.25) is 0 Å². The minimum Gasteiger partial charge on any atom is -0.380 e. The second-order valence-electron chi connectivity index (χ2n) is 7.78. The third kappa shape index (κ3) is 12.1. The molecule has 2 atom stereocenters. The summed E-state index contributed by atoms with van der Waals surface area (Å²) in [5.74, 6) is -2.27. The normalized spacial score (nSPS) is 14.8. The van der Waals surface area contributed by atoms with Gasteiger partial charge in [-0.05, 0) is 38.5 Å². The average Bonchev–Trinajstić information content (AvgIpc) is 2.66. The molecule has 0 aliphatic carbocycles. The monoisotopic (exact) mass is 398 g/mol. The molecule has 6 heteroatoms. The Hall–Kier alpha value is -1.40. The van der Waals surface area contributed by atoms with Gasteiger partial charge in [0.1, 0.15) is 0 Å². The van der Waals surface area contributed by atoms with Crippen molar-refractivity contribution in [1.82, 2.24) is 0 Å². The van der Waals surface area contributed by atoms with Gasteiger partial charge in [0.2, 0.25) is 5.91 Å². The third-order valence-corrected chi connectivity index (χ3v) is 5.22. The molecule has 0 aliphatic heterocycles. The Morgan fingerprint density at radius 2 is 1.25 bits per heavy atom. The van der Waals surface area contributed by atoms with Gasteiger partial charge in [0.15, 0.2) is 11.7 Å². The number of carbonyl (C=O) groups is 2. The van der Waals surface area contributed by atoms with Crippen LogP contribution in [-0.2, 0) is 9.59 Å². The summed E-state index contributed by atoms with van der Waals surface area (Å²) in [6.45, 7) is 2.24. The molecule has 0 radical (unpaired) electrons. The molecule has 6 N–H and O–H groups in total. The zero-order valence-corrected chi connectivity index (χ0v) is 17.7. The van der Waals surface area contributed by atoms with Crippen molar-refractivity contribution in [3.8, 4) is 0 Å². The predicted molar refractivity (Wildman–Crippen MR) is 113 cm³/mol. The van der Waals surface area contributed by atoms with E-state index >= 15 is 0 Å². The molecule has 0 spiro atoms. The topological polar surface area (TPSA) is 127 Å². The first kappa shape index (κ1) is 26.6. The van der Waals surface area contributed by atoms with Crippen LogP contribution in [0.1, 0.15) is 103 Å². The quantitative estimate of drug-likeness (QED) is 0.196. The van der Waals surface area contributed by atoms with E-state index in [1.54, 1.807) is 0 Å². The fourth-order valence-electron chi connectivity index (χ4n) is 3.27. The minimum atomic E-state index is -2.27. The van der Waals surface area contributed by atoms with Gasteiger partial charge in [-0.1, -0.05) is 76.9 Å². The fraction of sp³-hybridized carbons (Fsp3) is 0.818. The van der Waals surface area contributed by atoms with Crippen LogP contribution in [-0.4, -0.2) is 33.7 Å². The molecule has 0 fully saturated rings. The molecular formula is C22H42N2O4. The van der Waals surface area contributed by atoms with Crippen molar-refractivity contribution in [2.24, 2.45) is 11.5 Å². The van der Waals surface area contributed by atoms with E-state index < -0.39 is 23.5 Å². The van der Waals surface area contributed by atoms with Crippen LogP contribution in [0.3, 0.4) is 0 Å². The Bertz CT molecular complexity index is 454. The molecule has 28 heavy (non-hydrogen) atoms. The van der Waals surface area contributed by atoms with Gasteiger partial charge in [0, 0.05) is 0 Å². The van der Waals surface area contributed by atoms with Gasteiger partial charge in [0.05, 0.1) is 0 Å². The standard InChI is InChI=1S/C22H42N2O4/c1-2-3-4-5-6-7-8-9-10-11-12-13-14-15-16-17-18-22(28,21(24)27)19(25)20(23)26/h9-10,19,25,28H,2-8,11-18H2,1H3,(H2,23,26)(H2,24,27)/b10-9-. The molecule has 6 nitrogen and oxygen atoms in total. The van der Waals surface area contributed by atoms with E-state index in [9.17, 15) is 19.8 Å². The predicted octanol–water partition coefficient (Wildman–Crippen LogP) is 3.48. The Balaban J connectivity index is 3.62. The van der Waals surface area contributed by atoms with Gasteiger partial charge in [-0.15, -0.1) is 0 Å². The summed E-state index contributed by atoms with van der Waals surface area (Å²) in [5.41, 5.74) is 7.80. The van der Waals surface area contributed by atoms with Crippen LogP contribution in [0.4, 0.5) is 0 Å². The number of hydrogen-bond acceptors (Lipinski definition) is 4. The number of aliphatic hydroxyl groups excluding tert-OH is 1. The number of nitrogens with two attached hydrogens (primary N) is 2. The van der Waals surface area contributed by atoms with Gasteiger partial charge in [0.25, 0.3) is 5.91 Å². The van der Waals surface area contributed by atoms with Crippen LogP contribution in [0, 0.1) is 0 Å². The molecule has 0 aromatic rings. The van der Waals surface area contributed by atoms with Crippen LogP contribution in [0.5, 0.6) is 0 Å². The Kier molecular flexibility index (Phi) is 15.7. The van der Waals surface area contributed by atoms with Gasteiger partial charge < -0.3 is 21.7 Å². The summed E-state index contributed by atoms with van der Waals surface area (Å²) in [6, 6.07) is 0. The van der Waals surface area contributed by atoms with E-state index in [4.69, 9.17) is 11.5 Å². The molecule has 0 saturated carbocycles. The largest absolute Gasteiger partial charge is 0.380 e.